The van der Waals surface area contributed by atoms with Gasteiger partial charge in [-0.3, -0.25) is 14.6 Å². The molecule has 138 valence electrons. The molecule has 0 aliphatic carbocycles. The topological polar surface area (TPSA) is 110 Å². The van der Waals surface area contributed by atoms with Gasteiger partial charge in [-0.15, -0.1) is 0 Å². The Balaban J connectivity index is 1.57. The van der Waals surface area contributed by atoms with Crippen molar-refractivity contribution in [3.63, 3.8) is 0 Å². The molecule has 28 heavy (non-hydrogen) atoms. The molecular formula is C20H15N5O3. The first-order valence-corrected chi connectivity index (χ1v) is 8.42. The van der Waals surface area contributed by atoms with Gasteiger partial charge in [0.25, 0.3) is 11.8 Å². The lowest BCUT2D eigenvalue weighted by Crippen LogP contribution is -2.20. The highest BCUT2D eigenvalue weighted by molar-refractivity contribution is 6.04. The summed E-state index contributed by atoms with van der Waals surface area (Å²) in [4.78, 5) is 36.2. The Morgan fingerprint density at radius 3 is 2.54 bits per heavy atom. The predicted octanol–water partition coefficient (Wildman–Crippen LogP) is 2.90. The molecule has 2 N–H and O–H groups in total. The van der Waals surface area contributed by atoms with E-state index in [1.54, 1.807) is 18.5 Å². The van der Waals surface area contributed by atoms with Crippen LogP contribution in [0.4, 0.5) is 5.82 Å². The van der Waals surface area contributed by atoms with Gasteiger partial charge in [0.2, 0.25) is 0 Å². The van der Waals surface area contributed by atoms with Crippen molar-refractivity contribution in [3.8, 4) is 11.3 Å². The van der Waals surface area contributed by atoms with Crippen molar-refractivity contribution in [3.05, 3.63) is 72.6 Å². The van der Waals surface area contributed by atoms with Gasteiger partial charge in [0.1, 0.15) is 11.5 Å². The molecule has 0 fully saturated rings. The van der Waals surface area contributed by atoms with Gasteiger partial charge in [0, 0.05) is 30.4 Å². The predicted molar refractivity (Wildman–Crippen MR) is 103 cm³/mol. The summed E-state index contributed by atoms with van der Waals surface area (Å²) in [5, 5.41) is 7.04. The molecule has 4 aromatic rings. The van der Waals surface area contributed by atoms with E-state index in [2.05, 4.69) is 25.6 Å². The van der Waals surface area contributed by atoms with Crippen LogP contribution in [0.5, 0.6) is 0 Å². The second-order valence-electron chi connectivity index (χ2n) is 5.96. The van der Waals surface area contributed by atoms with Gasteiger partial charge in [-0.05, 0) is 29.7 Å². The monoisotopic (exact) mass is 373 g/mol. The smallest absolute Gasteiger partial charge is 0.269 e. The Kier molecular flexibility index (Phi) is 4.51. The van der Waals surface area contributed by atoms with Crippen molar-refractivity contribution in [1.82, 2.24) is 20.3 Å². The molecule has 1 aromatic carbocycles. The van der Waals surface area contributed by atoms with Crippen LogP contribution in [0.1, 0.15) is 20.8 Å². The van der Waals surface area contributed by atoms with E-state index in [1.807, 2.05) is 18.2 Å². The number of benzene rings is 1. The molecule has 0 unspecified atom stereocenters. The maximum absolute atomic E-state index is 12.4. The zero-order valence-corrected chi connectivity index (χ0v) is 14.8. The Labute approximate surface area is 159 Å². The largest absolute Gasteiger partial charge is 0.444 e. The number of pyridine rings is 2. The van der Waals surface area contributed by atoms with Crippen molar-refractivity contribution in [2.75, 3.05) is 12.4 Å². The van der Waals surface area contributed by atoms with Crippen LogP contribution in [0.3, 0.4) is 0 Å². The fourth-order valence-electron chi connectivity index (χ4n) is 2.70. The minimum Gasteiger partial charge on any atom is -0.444 e. The maximum atomic E-state index is 12.4. The number of carbonyl (C=O) groups excluding carboxylic acids is 2. The molecule has 0 aliphatic rings. The van der Waals surface area contributed by atoms with Gasteiger partial charge in [-0.2, -0.15) is 0 Å². The number of hydrogen-bond acceptors (Lipinski definition) is 6. The Bertz CT molecular complexity index is 1150. The van der Waals surface area contributed by atoms with Crippen molar-refractivity contribution in [1.29, 1.82) is 0 Å². The number of nitrogens with zero attached hydrogens (tertiary/aromatic N) is 3. The maximum Gasteiger partial charge on any atom is 0.269 e. The SMILES string of the molecule is CNC(=O)c1ccc(C(=O)Nc2cc3cc(-c4cnco4)ccc3cn2)cn1. The molecule has 4 rings (SSSR count). The van der Waals surface area contributed by atoms with E-state index >= 15 is 0 Å². The summed E-state index contributed by atoms with van der Waals surface area (Å²) in [6, 6.07) is 10.6. The molecule has 0 bridgehead atoms. The van der Waals surface area contributed by atoms with Crippen LogP contribution in [0.25, 0.3) is 22.1 Å². The normalized spacial score (nSPS) is 10.6. The fraction of sp³-hybridized carbons (Fsp3) is 0.0500. The average Bonchev–Trinajstić information content (AvgIpc) is 3.27. The van der Waals surface area contributed by atoms with E-state index < -0.39 is 0 Å². The highest BCUT2D eigenvalue weighted by Crippen LogP contribution is 2.25. The van der Waals surface area contributed by atoms with Gasteiger partial charge >= 0.3 is 0 Å². The highest BCUT2D eigenvalue weighted by atomic mass is 16.3. The third-order valence-corrected chi connectivity index (χ3v) is 4.17. The van der Waals surface area contributed by atoms with E-state index in [0.717, 1.165) is 16.3 Å². The minimum absolute atomic E-state index is 0.239. The average molecular weight is 373 g/mol. The minimum atomic E-state index is -0.366. The molecule has 8 heteroatoms. The van der Waals surface area contributed by atoms with E-state index in [4.69, 9.17) is 4.42 Å². The zero-order chi connectivity index (χ0) is 19.5. The van der Waals surface area contributed by atoms with Gasteiger partial charge in [-0.1, -0.05) is 12.1 Å². The summed E-state index contributed by atoms with van der Waals surface area (Å²) in [5.74, 6) is 0.383. The second kappa shape index (κ2) is 7.28. The zero-order valence-electron chi connectivity index (χ0n) is 14.8. The van der Waals surface area contributed by atoms with Crippen molar-refractivity contribution < 1.29 is 14.0 Å². The van der Waals surface area contributed by atoms with Crippen LogP contribution in [0.2, 0.25) is 0 Å². The highest BCUT2D eigenvalue weighted by Gasteiger charge is 2.11. The van der Waals surface area contributed by atoms with Crippen molar-refractivity contribution >= 4 is 28.4 Å². The number of oxazole rings is 1. The van der Waals surface area contributed by atoms with Crippen molar-refractivity contribution in [2.24, 2.45) is 0 Å². The van der Waals surface area contributed by atoms with Crippen LogP contribution in [0, 0.1) is 0 Å². The Morgan fingerprint density at radius 2 is 1.82 bits per heavy atom. The summed E-state index contributed by atoms with van der Waals surface area (Å²) in [6.07, 6.45) is 6.05. The quantitative estimate of drug-likeness (QED) is 0.569. The number of hydrogen-bond donors (Lipinski definition) is 2. The fourth-order valence-corrected chi connectivity index (χ4v) is 2.70. The van der Waals surface area contributed by atoms with Crippen LogP contribution < -0.4 is 10.6 Å². The van der Waals surface area contributed by atoms with E-state index in [0.29, 0.717) is 17.1 Å². The molecule has 0 saturated heterocycles. The summed E-state index contributed by atoms with van der Waals surface area (Å²) in [7, 11) is 1.52. The molecule has 0 saturated carbocycles. The lowest BCUT2D eigenvalue weighted by atomic mass is 10.1. The second-order valence-corrected chi connectivity index (χ2v) is 5.96. The first-order valence-electron chi connectivity index (χ1n) is 8.42. The van der Waals surface area contributed by atoms with Crippen LogP contribution in [-0.4, -0.2) is 33.8 Å². The van der Waals surface area contributed by atoms with Gasteiger partial charge in [-0.25, -0.2) is 9.97 Å². The number of nitrogens with one attached hydrogen (secondary N) is 2. The lowest BCUT2D eigenvalue weighted by molar-refractivity contribution is 0.0955. The summed E-state index contributed by atoms with van der Waals surface area (Å²) < 4.78 is 5.32. The summed E-state index contributed by atoms with van der Waals surface area (Å²) in [6.45, 7) is 0. The summed E-state index contributed by atoms with van der Waals surface area (Å²) >= 11 is 0. The molecule has 0 aliphatic heterocycles. The van der Waals surface area contributed by atoms with Gasteiger partial charge < -0.3 is 15.1 Å². The van der Waals surface area contributed by atoms with E-state index in [1.165, 1.54) is 31.8 Å². The number of rotatable bonds is 4. The first-order chi connectivity index (χ1) is 13.6. The molecule has 3 aromatic heterocycles. The van der Waals surface area contributed by atoms with E-state index in [9.17, 15) is 9.59 Å². The number of carbonyl (C=O) groups is 2. The molecular weight excluding hydrogens is 358 g/mol. The molecule has 0 spiro atoms. The third kappa shape index (κ3) is 3.43. The van der Waals surface area contributed by atoms with Crippen LogP contribution in [0.15, 0.2) is 65.8 Å². The number of amides is 2. The Morgan fingerprint density at radius 1 is 0.929 bits per heavy atom. The summed E-state index contributed by atoms with van der Waals surface area (Å²) in [5.41, 5.74) is 1.44. The molecule has 3 heterocycles. The Hall–Kier alpha value is -4.07. The number of aromatic nitrogens is 3. The van der Waals surface area contributed by atoms with Gasteiger partial charge in [0.05, 0.1) is 11.8 Å². The molecule has 2 amide bonds. The first kappa shape index (κ1) is 17.3. The van der Waals surface area contributed by atoms with Crippen LogP contribution in [-0.2, 0) is 0 Å². The molecule has 0 atom stereocenters. The standard InChI is InChI=1S/C20H15N5O3/c1-21-20(27)16-5-4-14(9-23-16)19(26)25-18-7-15-6-12(17-10-22-11-28-17)2-3-13(15)8-24-18/h2-11H,1H3,(H,21,27)(H,24,25,26). The van der Waals surface area contributed by atoms with Crippen molar-refractivity contribution in [2.45, 2.75) is 0 Å². The molecule has 8 nitrogen and oxygen atoms in total. The van der Waals surface area contributed by atoms with E-state index in [-0.39, 0.29) is 17.5 Å². The number of fused-ring (bicyclic) bond motifs is 1. The molecule has 0 radical (unpaired) electrons. The number of anilines is 1. The van der Waals surface area contributed by atoms with Crippen LogP contribution >= 0.6 is 0 Å². The third-order valence-electron chi connectivity index (χ3n) is 4.17. The lowest BCUT2D eigenvalue weighted by Gasteiger charge is -2.07. The van der Waals surface area contributed by atoms with Gasteiger partial charge in [0.15, 0.2) is 12.2 Å².